The van der Waals surface area contributed by atoms with E-state index in [1.165, 1.54) is 0 Å². The molecule has 0 saturated carbocycles. The Morgan fingerprint density at radius 2 is 1.25 bits per heavy atom. The van der Waals surface area contributed by atoms with E-state index in [4.69, 9.17) is 11.5 Å². The average molecular weight is 170 g/mol. The summed E-state index contributed by atoms with van der Waals surface area (Å²) in [6.07, 6.45) is 8.48. The Morgan fingerprint density at radius 1 is 1.00 bits per heavy atom. The summed E-state index contributed by atoms with van der Waals surface area (Å²) in [5.74, 6) is 0.685. The van der Waals surface area contributed by atoms with Crippen LogP contribution in [0.1, 0.15) is 20.8 Å². The molecule has 0 amide bonds. The molecule has 0 fully saturated rings. The van der Waals surface area contributed by atoms with Crippen LogP contribution in [0.3, 0.4) is 0 Å². The Labute approximate surface area is 76.3 Å². The zero-order valence-corrected chi connectivity index (χ0v) is 8.46. The third-order valence-corrected chi connectivity index (χ3v) is 0.940. The Hall–Kier alpha value is -0.600. The number of hydrogen-bond acceptors (Lipinski definition) is 2. The largest absolute Gasteiger partial charge is 0.331 e. The Bertz CT molecular complexity index is 103. The molecule has 0 aromatic rings. The van der Waals surface area contributed by atoms with Crippen molar-refractivity contribution < 1.29 is 0 Å². The molecule has 0 bridgehead atoms. The van der Waals surface area contributed by atoms with Gasteiger partial charge in [0.1, 0.15) is 0 Å². The average Bonchev–Trinajstić information content (AvgIpc) is 2.43. The van der Waals surface area contributed by atoms with Gasteiger partial charge in [0, 0.05) is 0 Å². The lowest BCUT2D eigenvalue weighted by Gasteiger charge is -1.84. The number of rotatable bonds is 0. The van der Waals surface area contributed by atoms with Crippen molar-refractivity contribution in [3.05, 3.63) is 24.3 Å². The van der Waals surface area contributed by atoms with Gasteiger partial charge >= 0.3 is 0 Å². The topological polar surface area (TPSA) is 52.0 Å². The van der Waals surface area contributed by atoms with Crippen molar-refractivity contribution in [1.29, 1.82) is 0 Å². The first kappa shape index (κ1) is 14.0. The lowest BCUT2D eigenvalue weighted by atomic mass is 10.2. The fourth-order valence-corrected chi connectivity index (χ4v) is 0.543. The molecule has 12 heavy (non-hydrogen) atoms. The zero-order chi connectivity index (χ0) is 9.82. The van der Waals surface area contributed by atoms with Crippen LogP contribution in [0.25, 0.3) is 0 Å². The van der Waals surface area contributed by atoms with E-state index in [1.54, 1.807) is 0 Å². The van der Waals surface area contributed by atoms with E-state index in [0.717, 1.165) is 13.1 Å². The predicted molar refractivity (Wildman–Crippen MR) is 56.9 cm³/mol. The van der Waals surface area contributed by atoms with Gasteiger partial charge in [0.25, 0.3) is 0 Å². The van der Waals surface area contributed by atoms with Gasteiger partial charge in [-0.05, 0) is 19.0 Å². The molecular formula is C10H22N2. The molecule has 1 aliphatic carbocycles. The summed E-state index contributed by atoms with van der Waals surface area (Å²) in [6, 6.07) is 0. The van der Waals surface area contributed by atoms with Gasteiger partial charge in [-0.15, -0.1) is 0 Å². The SMILES string of the molecule is CC1C=CC=C1.CCN.CCN. The lowest BCUT2D eigenvalue weighted by Crippen LogP contribution is -1.87. The molecule has 0 radical (unpaired) electrons. The number of nitrogens with two attached hydrogens (primary N) is 2. The summed E-state index contributed by atoms with van der Waals surface area (Å²) >= 11 is 0. The van der Waals surface area contributed by atoms with E-state index in [1.807, 2.05) is 13.8 Å². The maximum absolute atomic E-state index is 4.85. The summed E-state index contributed by atoms with van der Waals surface area (Å²) in [5.41, 5.74) is 9.69. The van der Waals surface area contributed by atoms with Gasteiger partial charge in [-0.2, -0.15) is 0 Å². The van der Waals surface area contributed by atoms with E-state index in [9.17, 15) is 0 Å². The van der Waals surface area contributed by atoms with E-state index in [-0.39, 0.29) is 0 Å². The monoisotopic (exact) mass is 170 g/mol. The van der Waals surface area contributed by atoms with Gasteiger partial charge in [-0.25, -0.2) is 0 Å². The van der Waals surface area contributed by atoms with Crippen molar-refractivity contribution in [2.24, 2.45) is 17.4 Å². The highest BCUT2D eigenvalue weighted by Crippen LogP contribution is 2.04. The molecule has 0 heterocycles. The van der Waals surface area contributed by atoms with Crippen molar-refractivity contribution in [2.75, 3.05) is 13.1 Å². The Balaban J connectivity index is 0. The van der Waals surface area contributed by atoms with Crippen molar-refractivity contribution in [2.45, 2.75) is 20.8 Å². The molecular weight excluding hydrogens is 148 g/mol. The molecule has 0 aromatic heterocycles. The third kappa shape index (κ3) is 16.2. The Morgan fingerprint density at radius 3 is 1.33 bits per heavy atom. The summed E-state index contributed by atoms with van der Waals surface area (Å²) in [7, 11) is 0. The summed E-state index contributed by atoms with van der Waals surface area (Å²) in [6.45, 7) is 7.47. The minimum absolute atomic E-state index is 0.685. The number of allylic oxidation sites excluding steroid dienone is 4. The first-order valence-corrected chi connectivity index (χ1v) is 4.47. The van der Waals surface area contributed by atoms with Crippen LogP contribution in [0, 0.1) is 5.92 Å². The second kappa shape index (κ2) is 13.0. The van der Waals surface area contributed by atoms with E-state index in [0.29, 0.717) is 5.92 Å². The quantitative estimate of drug-likeness (QED) is 0.581. The van der Waals surface area contributed by atoms with Crippen molar-refractivity contribution in [3.63, 3.8) is 0 Å². The fraction of sp³-hybridized carbons (Fsp3) is 0.600. The molecule has 1 aliphatic rings. The Kier molecular flexibility index (Phi) is 15.1. The van der Waals surface area contributed by atoms with Crippen LogP contribution in [0.4, 0.5) is 0 Å². The van der Waals surface area contributed by atoms with Crippen LogP contribution in [0.15, 0.2) is 24.3 Å². The summed E-state index contributed by atoms with van der Waals surface area (Å²) in [4.78, 5) is 0. The van der Waals surface area contributed by atoms with Crippen LogP contribution < -0.4 is 11.5 Å². The third-order valence-electron chi connectivity index (χ3n) is 0.940. The minimum atomic E-state index is 0.685. The second-order valence-electron chi connectivity index (χ2n) is 2.45. The van der Waals surface area contributed by atoms with Crippen molar-refractivity contribution in [3.8, 4) is 0 Å². The molecule has 4 N–H and O–H groups in total. The van der Waals surface area contributed by atoms with Gasteiger partial charge in [0.2, 0.25) is 0 Å². The molecule has 2 nitrogen and oxygen atoms in total. The minimum Gasteiger partial charge on any atom is -0.331 e. The van der Waals surface area contributed by atoms with Gasteiger partial charge in [-0.3, -0.25) is 0 Å². The molecule has 0 aromatic carbocycles. The smallest absolute Gasteiger partial charge is 0.00756 e. The molecule has 0 atom stereocenters. The number of hydrogen-bond donors (Lipinski definition) is 2. The van der Waals surface area contributed by atoms with Crippen LogP contribution in [0.5, 0.6) is 0 Å². The van der Waals surface area contributed by atoms with Crippen molar-refractivity contribution in [1.82, 2.24) is 0 Å². The van der Waals surface area contributed by atoms with Crippen LogP contribution in [0.2, 0.25) is 0 Å². The van der Waals surface area contributed by atoms with Gasteiger partial charge in [-0.1, -0.05) is 45.1 Å². The van der Waals surface area contributed by atoms with Gasteiger partial charge in [0.05, 0.1) is 0 Å². The van der Waals surface area contributed by atoms with Crippen LogP contribution in [-0.2, 0) is 0 Å². The standard InChI is InChI=1S/C6H8.2C2H7N/c1-6-4-2-3-5-6;2*1-2-3/h2-6H,1H3;2*2-3H2,1H3. The maximum Gasteiger partial charge on any atom is -0.00756 e. The summed E-state index contributed by atoms with van der Waals surface area (Å²) in [5, 5.41) is 0. The van der Waals surface area contributed by atoms with Crippen molar-refractivity contribution >= 4 is 0 Å². The van der Waals surface area contributed by atoms with Crippen LogP contribution >= 0.6 is 0 Å². The first-order chi connectivity index (χ1) is 5.72. The second-order valence-corrected chi connectivity index (χ2v) is 2.45. The first-order valence-electron chi connectivity index (χ1n) is 4.47. The fourth-order valence-electron chi connectivity index (χ4n) is 0.543. The summed E-state index contributed by atoms with van der Waals surface area (Å²) < 4.78 is 0. The lowest BCUT2D eigenvalue weighted by molar-refractivity contribution is 0.958. The zero-order valence-electron chi connectivity index (χ0n) is 8.46. The normalized spacial score (nSPS) is 13.1. The molecule has 0 spiro atoms. The highest BCUT2D eigenvalue weighted by atomic mass is 14.5. The molecule has 0 unspecified atom stereocenters. The molecule has 0 aliphatic heterocycles. The highest BCUT2D eigenvalue weighted by molar-refractivity contribution is 5.15. The van der Waals surface area contributed by atoms with E-state index >= 15 is 0 Å². The maximum atomic E-state index is 4.85. The molecule has 0 saturated heterocycles. The molecule has 2 heteroatoms. The van der Waals surface area contributed by atoms with E-state index in [2.05, 4.69) is 31.2 Å². The molecule has 1 rings (SSSR count). The van der Waals surface area contributed by atoms with E-state index < -0.39 is 0 Å². The highest BCUT2D eigenvalue weighted by Gasteiger charge is 1.89. The molecule has 72 valence electrons. The van der Waals surface area contributed by atoms with Gasteiger partial charge in [0.15, 0.2) is 0 Å². The predicted octanol–water partition coefficient (Wildman–Crippen LogP) is 1.68. The van der Waals surface area contributed by atoms with Gasteiger partial charge < -0.3 is 11.5 Å². The van der Waals surface area contributed by atoms with Crippen LogP contribution in [-0.4, -0.2) is 13.1 Å².